The van der Waals surface area contributed by atoms with Crippen molar-refractivity contribution in [1.82, 2.24) is 0 Å². The van der Waals surface area contributed by atoms with Crippen molar-refractivity contribution >= 4 is 34.8 Å². The van der Waals surface area contributed by atoms with Crippen molar-refractivity contribution in [2.75, 3.05) is 21.3 Å². The lowest BCUT2D eigenvalue weighted by Crippen LogP contribution is -2.21. The van der Waals surface area contributed by atoms with Crippen LogP contribution in [0.15, 0.2) is 60.7 Å². The van der Waals surface area contributed by atoms with Gasteiger partial charge in [-0.1, -0.05) is 35.4 Å². The fraction of sp³-hybridized carbons (Fsp3) is 0.167. The molecule has 0 unspecified atom stereocenters. The number of carbonyl (C=O) groups excluding carboxylic acids is 2. The van der Waals surface area contributed by atoms with Gasteiger partial charge in [0.05, 0.1) is 0 Å². The summed E-state index contributed by atoms with van der Waals surface area (Å²) >= 11 is 0. The summed E-state index contributed by atoms with van der Waals surface area (Å²) < 4.78 is 0. The van der Waals surface area contributed by atoms with E-state index in [4.69, 9.17) is 0 Å². The van der Waals surface area contributed by atoms with Gasteiger partial charge >= 0.3 is 12.1 Å². The molecule has 0 aromatic heterocycles. The second kappa shape index (κ2) is 9.13. The zero-order chi connectivity index (χ0) is 21.7. The Bertz CT molecular complexity index is 971. The van der Waals surface area contributed by atoms with Gasteiger partial charge < -0.3 is 21.3 Å². The van der Waals surface area contributed by atoms with Gasteiger partial charge in [0.25, 0.3) is 0 Å². The molecule has 6 nitrogen and oxygen atoms in total. The average molecular weight is 402 g/mol. The molecule has 6 heteroatoms. The molecule has 0 atom stereocenters. The van der Waals surface area contributed by atoms with E-state index in [0.29, 0.717) is 11.4 Å². The number of urea groups is 2. The van der Waals surface area contributed by atoms with Gasteiger partial charge in [0.1, 0.15) is 0 Å². The number of benzene rings is 3. The Balaban J connectivity index is 1.64. The highest BCUT2D eigenvalue weighted by Crippen LogP contribution is 2.25. The van der Waals surface area contributed by atoms with Crippen molar-refractivity contribution in [2.45, 2.75) is 27.7 Å². The molecular weight excluding hydrogens is 376 g/mol. The molecule has 30 heavy (non-hydrogen) atoms. The lowest BCUT2D eigenvalue weighted by molar-refractivity contribution is 0.261. The largest absolute Gasteiger partial charge is 0.323 e. The smallest absolute Gasteiger partial charge is 0.308 e. The molecular formula is C24H26N4O2. The molecule has 0 saturated heterocycles. The van der Waals surface area contributed by atoms with Crippen molar-refractivity contribution in [3.8, 4) is 0 Å². The Kier molecular flexibility index (Phi) is 6.37. The van der Waals surface area contributed by atoms with Gasteiger partial charge in [-0.3, -0.25) is 0 Å². The minimum Gasteiger partial charge on any atom is -0.308 e. The zero-order valence-electron chi connectivity index (χ0n) is 17.6. The monoisotopic (exact) mass is 402 g/mol. The van der Waals surface area contributed by atoms with Crippen LogP contribution >= 0.6 is 0 Å². The van der Waals surface area contributed by atoms with Crippen LogP contribution in [0.25, 0.3) is 0 Å². The molecule has 0 aliphatic carbocycles. The van der Waals surface area contributed by atoms with Gasteiger partial charge in [0.15, 0.2) is 0 Å². The SMILES string of the molecule is Cc1ccc(NC(=O)Nc2cc(C)c(NC(=O)Nc3ccc(C)cc3)cc2C)cc1. The first-order valence-corrected chi connectivity index (χ1v) is 9.71. The Labute approximate surface area is 176 Å². The number of hydrogen-bond donors (Lipinski definition) is 4. The summed E-state index contributed by atoms with van der Waals surface area (Å²) in [5.41, 5.74) is 6.74. The van der Waals surface area contributed by atoms with Crippen LogP contribution in [0.4, 0.5) is 32.3 Å². The highest BCUT2D eigenvalue weighted by atomic mass is 16.2. The molecule has 154 valence electrons. The topological polar surface area (TPSA) is 82.3 Å². The first-order valence-electron chi connectivity index (χ1n) is 9.71. The van der Waals surface area contributed by atoms with Gasteiger partial charge in [-0.05, 0) is 75.2 Å². The van der Waals surface area contributed by atoms with Crippen LogP contribution in [0.3, 0.4) is 0 Å². The maximum Gasteiger partial charge on any atom is 0.323 e. The van der Waals surface area contributed by atoms with Crippen LogP contribution in [-0.2, 0) is 0 Å². The Hall–Kier alpha value is -3.80. The summed E-state index contributed by atoms with van der Waals surface area (Å²) in [6, 6.07) is 18.2. The predicted molar refractivity (Wildman–Crippen MR) is 124 cm³/mol. The number of anilines is 4. The van der Waals surface area contributed by atoms with Gasteiger partial charge in [-0.15, -0.1) is 0 Å². The molecule has 4 amide bonds. The minimum absolute atomic E-state index is 0.320. The molecule has 0 bridgehead atoms. The van der Waals surface area contributed by atoms with E-state index >= 15 is 0 Å². The summed E-state index contributed by atoms with van der Waals surface area (Å²) in [5, 5.41) is 11.3. The van der Waals surface area contributed by atoms with Gasteiger partial charge in [-0.25, -0.2) is 9.59 Å². The molecule has 0 aliphatic heterocycles. The second-order valence-electron chi connectivity index (χ2n) is 7.37. The maximum atomic E-state index is 12.3. The van der Waals surface area contributed by atoms with E-state index in [9.17, 15) is 9.59 Å². The van der Waals surface area contributed by atoms with E-state index in [1.165, 1.54) is 0 Å². The summed E-state index contributed by atoms with van der Waals surface area (Å²) in [7, 11) is 0. The van der Waals surface area contributed by atoms with E-state index in [1.54, 1.807) is 0 Å². The molecule has 3 aromatic rings. The third-order valence-corrected chi connectivity index (χ3v) is 4.69. The van der Waals surface area contributed by atoms with Gasteiger partial charge in [0, 0.05) is 22.7 Å². The minimum atomic E-state index is -0.320. The number of hydrogen-bond acceptors (Lipinski definition) is 2. The van der Waals surface area contributed by atoms with Gasteiger partial charge in [-0.2, -0.15) is 0 Å². The number of nitrogens with one attached hydrogen (secondary N) is 4. The Morgan fingerprint density at radius 3 is 1.20 bits per heavy atom. The molecule has 0 heterocycles. The number of aryl methyl sites for hydroxylation is 4. The van der Waals surface area contributed by atoms with E-state index in [-0.39, 0.29) is 12.1 Å². The predicted octanol–water partition coefficient (Wildman–Crippen LogP) is 6.21. The summed E-state index contributed by atoms with van der Waals surface area (Å²) in [6.45, 7) is 7.74. The lowest BCUT2D eigenvalue weighted by atomic mass is 10.1. The van der Waals surface area contributed by atoms with Crippen LogP contribution < -0.4 is 21.3 Å². The number of rotatable bonds is 4. The highest BCUT2D eigenvalue weighted by molar-refractivity contribution is 6.02. The summed E-state index contributed by atoms with van der Waals surface area (Å²) in [4.78, 5) is 24.6. The molecule has 0 fully saturated rings. The van der Waals surface area contributed by atoms with Gasteiger partial charge in [0.2, 0.25) is 0 Å². The standard InChI is InChI=1S/C24H26N4O2/c1-15-5-9-19(10-6-15)25-23(29)27-21-13-18(4)22(14-17(21)3)28-24(30)26-20-11-7-16(2)8-12-20/h5-14H,1-4H3,(H2,25,27,29)(H2,26,28,30). The Morgan fingerprint density at radius 2 is 0.867 bits per heavy atom. The van der Waals surface area contributed by atoms with Crippen LogP contribution in [0, 0.1) is 27.7 Å². The molecule has 4 N–H and O–H groups in total. The summed E-state index contributed by atoms with van der Waals surface area (Å²) in [6.07, 6.45) is 0. The molecule has 0 saturated carbocycles. The van der Waals surface area contributed by atoms with Crippen molar-refractivity contribution in [1.29, 1.82) is 0 Å². The van der Waals surface area contributed by atoms with Crippen molar-refractivity contribution < 1.29 is 9.59 Å². The van der Waals surface area contributed by atoms with E-state index in [0.717, 1.165) is 33.6 Å². The Morgan fingerprint density at radius 1 is 0.533 bits per heavy atom. The quantitative estimate of drug-likeness (QED) is 0.418. The van der Waals surface area contributed by atoms with Crippen LogP contribution in [0.1, 0.15) is 22.3 Å². The van der Waals surface area contributed by atoms with Crippen molar-refractivity contribution in [2.24, 2.45) is 0 Å². The first kappa shape index (κ1) is 20.9. The first-order chi connectivity index (χ1) is 14.3. The zero-order valence-corrected chi connectivity index (χ0v) is 17.6. The van der Waals surface area contributed by atoms with E-state index in [1.807, 2.05) is 88.4 Å². The third-order valence-electron chi connectivity index (χ3n) is 4.69. The molecule has 0 radical (unpaired) electrons. The normalized spacial score (nSPS) is 10.3. The van der Waals surface area contributed by atoms with Crippen LogP contribution in [0.5, 0.6) is 0 Å². The fourth-order valence-corrected chi connectivity index (χ4v) is 2.93. The van der Waals surface area contributed by atoms with Crippen LogP contribution in [0.2, 0.25) is 0 Å². The highest BCUT2D eigenvalue weighted by Gasteiger charge is 2.11. The van der Waals surface area contributed by atoms with Crippen molar-refractivity contribution in [3.05, 3.63) is 82.9 Å². The molecule has 0 aliphatic rings. The summed E-state index contributed by atoms with van der Waals surface area (Å²) in [5.74, 6) is 0. The van der Waals surface area contributed by atoms with E-state index < -0.39 is 0 Å². The molecule has 3 rings (SSSR count). The van der Waals surface area contributed by atoms with Crippen molar-refractivity contribution in [3.63, 3.8) is 0 Å². The van der Waals surface area contributed by atoms with E-state index in [2.05, 4.69) is 21.3 Å². The lowest BCUT2D eigenvalue weighted by Gasteiger charge is -2.15. The number of carbonyl (C=O) groups is 2. The molecule has 3 aromatic carbocycles. The fourth-order valence-electron chi connectivity index (χ4n) is 2.93. The molecule has 0 spiro atoms. The number of amides is 4. The second-order valence-corrected chi connectivity index (χ2v) is 7.37. The maximum absolute atomic E-state index is 12.3. The van der Waals surface area contributed by atoms with Crippen LogP contribution in [-0.4, -0.2) is 12.1 Å². The third kappa shape index (κ3) is 5.61. The average Bonchev–Trinajstić information content (AvgIpc) is 2.69.